The van der Waals surface area contributed by atoms with Crippen LogP contribution < -0.4 is 10.5 Å². The fourth-order valence-electron chi connectivity index (χ4n) is 1.56. The van der Waals surface area contributed by atoms with Gasteiger partial charge in [0.05, 0.1) is 18.2 Å². The Morgan fingerprint density at radius 3 is 2.72 bits per heavy atom. The smallest absolute Gasteiger partial charge is 0.176 e. The summed E-state index contributed by atoms with van der Waals surface area (Å²) in [4.78, 5) is 1.04. The molecule has 2 aromatic rings. The third-order valence-electron chi connectivity index (χ3n) is 2.48. The summed E-state index contributed by atoms with van der Waals surface area (Å²) in [6, 6.07) is 7.00. The normalized spacial score (nSPS) is 11.7. The van der Waals surface area contributed by atoms with Crippen molar-refractivity contribution in [3.63, 3.8) is 0 Å². The maximum Gasteiger partial charge on any atom is 0.176 e. The summed E-state index contributed by atoms with van der Waals surface area (Å²) in [6.45, 7) is 0. The molecule has 0 radical (unpaired) electrons. The molecule has 0 aliphatic carbocycles. The zero-order valence-electron chi connectivity index (χ0n) is 9.59. The second-order valence-corrected chi connectivity index (χ2v) is 4.93. The third-order valence-corrected chi connectivity index (χ3v) is 3.72. The van der Waals surface area contributed by atoms with E-state index in [1.54, 1.807) is 23.5 Å². The fraction of sp³-hybridized carbons (Fsp3) is 0.167. The van der Waals surface area contributed by atoms with Crippen molar-refractivity contribution in [1.29, 1.82) is 0 Å². The maximum absolute atomic E-state index is 9.64. The van der Waals surface area contributed by atoms with Crippen LogP contribution in [0.2, 0.25) is 5.02 Å². The molecule has 1 heterocycles. The molecule has 0 amide bonds. The van der Waals surface area contributed by atoms with E-state index in [9.17, 15) is 5.11 Å². The molecule has 0 bridgehead atoms. The Bertz CT molecular complexity index is 517. The van der Waals surface area contributed by atoms with Crippen LogP contribution >= 0.6 is 35.3 Å². The van der Waals surface area contributed by atoms with Gasteiger partial charge in [-0.3, -0.25) is 0 Å². The van der Waals surface area contributed by atoms with Crippen LogP contribution in [-0.4, -0.2) is 12.2 Å². The van der Waals surface area contributed by atoms with Gasteiger partial charge in [0.2, 0.25) is 0 Å². The number of hydrogen-bond donors (Lipinski definition) is 2. The van der Waals surface area contributed by atoms with Gasteiger partial charge in [-0.25, -0.2) is 0 Å². The number of benzene rings is 1. The summed E-state index contributed by atoms with van der Waals surface area (Å²) in [6.07, 6.45) is 0. The van der Waals surface area contributed by atoms with Crippen molar-refractivity contribution < 1.29 is 9.84 Å². The van der Waals surface area contributed by atoms with E-state index in [0.29, 0.717) is 5.75 Å². The van der Waals surface area contributed by atoms with Crippen molar-refractivity contribution in [2.45, 2.75) is 6.04 Å². The highest BCUT2D eigenvalue weighted by Gasteiger charge is 2.15. The van der Waals surface area contributed by atoms with Gasteiger partial charge in [0.15, 0.2) is 11.5 Å². The number of nitrogens with two attached hydrogens (primary N) is 1. The number of thiophene rings is 1. The van der Waals surface area contributed by atoms with Gasteiger partial charge in [0.25, 0.3) is 0 Å². The first-order chi connectivity index (χ1) is 8.13. The van der Waals surface area contributed by atoms with Crippen LogP contribution in [0.3, 0.4) is 0 Å². The molecule has 0 fully saturated rings. The molecule has 6 heteroatoms. The van der Waals surface area contributed by atoms with Crippen molar-refractivity contribution in [2.75, 3.05) is 7.11 Å². The lowest BCUT2D eigenvalue weighted by atomic mass is 10.1. The Morgan fingerprint density at radius 1 is 1.44 bits per heavy atom. The molecule has 98 valence electrons. The lowest BCUT2D eigenvalue weighted by Gasteiger charge is -2.13. The van der Waals surface area contributed by atoms with E-state index in [1.807, 2.05) is 17.5 Å². The van der Waals surface area contributed by atoms with Gasteiger partial charge in [-0.2, -0.15) is 0 Å². The summed E-state index contributed by atoms with van der Waals surface area (Å²) >= 11 is 7.50. The highest BCUT2D eigenvalue weighted by atomic mass is 35.5. The van der Waals surface area contributed by atoms with Crippen LogP contribution in [0.5, 0.6) is 11.5 Å². The summed E-state index contributed by atoms with van der Waals surface area (Å²) in [5.74, 6) is 0.274. The highest BCUT2D eigenvalue weighted by Crippen LogP contribution is 2.37. The quantitative estimate of drug-likeness (QED) is 0.911. The van der Waals surface area contributed by atoms with Gasteiger partial charge < -0.3 is 15.6 Å². The molecule has 3 nitrogen and oxygen atoms in total. The van der Waals surface area contributed by atoms with E-state index in [1.165, 1.54) is 7.11 Å². The van der Waals surface area contributed by atoms with E-state index in [-0.39, 0.29) is 29.2 Å². The van der Waals surface area contributed by atoms with Crippen LogP contribution in [0.15, 0.2) is 29.6 Å². The van der Waals surface area contributed by atoms with Crippen LogP contribution in [-0.2, 0) is 0 Å². The third kappa shape index (κ3) is 2.90. The molecule has 0 saturated heterocycles. The van der Waals surface area contributed by atoms with E-state index < -0.39 is 0 Å². The van der Waals surface area contributed by atoms with Crippen molar-refractivity contribution >= 4 is 35.3 Å². The Morgan fingerprint density at radius 2 is 2.17 bits per heavy atom. The number of hydrogen-bond acceptors (Lipinski definition) is 4. The first-order valence-corrected chi connectivity index (χ1v) is 6.24. The monoisotopic (exact) mass is 305 g/mol. The SMILES string of the molecule is COc1cc([C@H](N)c2cccs2)cc(Cl)c1O.Cl. The molecule has 0 saturated carbocycles. The molecule has 2 rings (SSSR count). The molecule has 0 aliphatic heterocycles. The zero-order valence-corrected chi connectivity index (χ0v) is 12.0. The predicted molar refractivity (Wildman–Crippen MR) is 77.3 cm³/mol. The van der Waals surface area contributed by atoms with Crippen LogP contribution in [0, 0.1) is 0 Å². The number of ether oxygens (including phenoxy) is 1. The van der Waals surface area contributed by atoms with Crippen LogP contribution in [0.1, 0.15) is 16.5 Å². The highest BCUT2D eigenvalue weighted by molar-refractivity contribution is 7.10. The fourth-order valence-corrected chi connectivity index (χ4v) is 2.53. The second kappa shape index (κ2) is 6.29. The number of phenols is 1. The van der Waals surface area contributed by atoms with Crippen molar-refractivity contribution in [3.05, 3.63) is 45.1 Å². The van der Waals surface area contributed by atoms with Gasteiger partial charge in [-0.1, -0.05) is 17.7 Å². The molecule has 0 unspecified atom stereocenters. The van der Waals surface area contributed by atoms with Gasteiger partial charge >= 0.3 is 0 Å². The Balaban J connectivity index is 0.00000162. The minimum atomic E-state index is -0.262. The minimum Gasteiger partial charge on any atom is -0.503 e. The topological polar surface area (TPSA) is 55.5 Å². The van der Waals surface area contributed by atoms with E-state index >= 15 is 0 Å². The molecule has 18 heavy (non-hydrogen) atoms. The first-order valence-electron chi connectivity index (χ1n) is 4.99. The first kappa shape index (κ1) is 15.1. The lowest BCUT2D eigenvalue weighted by Crippen LogP contribution is -2.10. The number of aromatic hydroxyl groups is 1. The molecule has 1 aromatic heterocycles. The predicted octanol–water partition coefficient (Wildman–Crippen LogP) is 3.59. The maximum atomic E-state index is 9.64. The number of halogens is 2. The average molecular weight is 306 g/mol. The minimum absolute atomic E-state index is 0. The zero-order chi connectivity index (χ0) is 12.4. The summed E-state index contributed by atoms with van der Waals surface area (Å²) in [5, 5.41) is 11.8. The Hall–Kier alpha value is -0.940. The van der Waals surface area contributed by atoms with E-state index in [2.05, 4.69) is 0 Å². The summed E-state index contributed by atoms with van der Waals surface area (Å²) in [5.41, 5.74) is 6.93. The summed E-state index contributed by atoms with van der Waals surface area (Å²) in [7, 11) is 1.48. The molecule has 0 aliphatic rings. The van der Waals surface area contributed by atoms with E-state index in [0.717, 1.165) is 10.4 Å². The number of rotatable bonds is 3. The number of phenolic OH excluding ortho intramolecular Hbond substituents is 1. The van der Waals surface area contributed by atoms with Crippen molar-refractivity contribution in [3.8, 4) is 11.5 Å². The van der Waals surface area contributed by atoms with Crippen molar-refractivity contribution in [2.24, 2.45) is 5.73 Å². The van der Waals surface area contributed by atoms with Gasteiger partial charge in [0, 0.05) is 4.88 Å². The molecular formula is C12H13Cl2NO2S. The largest absolute Gasteiger partial charge is 0.503 e. The van der Waals surface area contributed by atoms with Gasteiger partial charge in [-0.15, -0.1) is 23.7 Å². The summed E-state index contributed by atoms with van der Waals surface area (Å²) < 4.78 is 5.05. The van der Waals surface area contributed by atoms with E-state index in [4.69, 9.17) is 22.1 Å². The standard InChI is InChI=1S/C12H12ClNO2S.ClH/c1-16-9-6-7(5-8(13)12(9)15)11(14)10-3-2-4-17-10;/h2-6,11,15H,14H2,1H3;1H/t11-;/m0./s1. The molecule has 0 spiro atoms. The van der Waals surface area contributed by atoms with Gasteiger partial charge in [-0.05, 0) is 29.1 Å². The van der Waals surface area contributed by atoms with Crippen molar-refractivity contribution in [1.82, 2.24) is 0 Å². The Kier molecular flexibility index (Phi) is 5.28. The molecular weight excluding hydrogens is 293 g/mol. The molecule has 1 aromatic carbocycles. The van der Waals surface area contributed by atoms with Gasteiger partial charge in [0.1, 0.15) is 0 Å². The van der Waals surface area contributed by atoms with Crippen LogP contribution in [0.4, 0.5) is 0 Å². The second-order valence-electron chi connectivity index (χ2n) is 3.55. The number of methoxy groups -OCH3 is 1. The molecule has 1 atom stereocenters. The average Bonchev–Trinajstić information content (AvgIpc) is 2.85. The Labute approximate surface area is 121 Å². The lowest BCUT2D eigenvalue weighted by molar-refractivity contribution is 0.373. The molecule has 3 N–H and O–H groups in total. The van der Waals surface area contributed by atoms with Crippen LogP contribution in [0.25, 0.3) is 0 Å².